The number of aromatic amines is 1. The summed E-state index contributed by atoms with van der Waals surface area (Å²) in [7, 11) is 0. The van der Waals surface area contributed by atoms with Gasteiger partial charge in [-0.2, -0.15) is 5.10 Å². The summed E-state index contributed by atoms with van der Waals surface area (Å²) in [5.41, 5.74) is 1.63. The summed E-state index contributed by atoms with van der Waals surface area (Å²) in [6.07, 6.45) is 3.62. The van der Waals surface area contributed by atoms with Crippen molar-refractivity contribution in [2.24, 2.45) is 0 Å². The van der Waals surface area contributed by atoms with Gasteiger partial charge in [-0.15, -0.1) is 0 Å². The van der Waals surface area contributed by atoms with Crippen molar-refractivity contribution in [3.8, 4) is 0 Å². The van der Waals surface area contributed by atoms with Gasteiger partial charge in [-0.3, -0.25) is 4.68 Å². The maximum Gasteiger partial charge on any atom is 0.178 e. The van der Waals surface area contributed by atoms with Crippen LogP contribution in [0.4, 0.5) is 4.39 Å². The summed E-state index contributed by atoms with van der Waals surface area (Å²) in [4.78, 5) is 3.07. The molecule has 0 aliphatic heterocycles. The van der Waals surface area contributed by atoms with E-state index in [9.17, 15) is 4.39 Å². The van der Waals surface area contributed by atoms with Gasteiger partial charge in [0.25, 0.3) is 0 Å². The van der Waals surface area contributed by atoms with Crippen LogP contribution in [-0.2, 0) is 13.1 Å². The molecule has 2 heterocycles. The predicted octanol–water partition coefficient (Wildman–Crippen LogP) is 2.73. The van der Waals surface area contributed by atoms with Crippen LogP contribution in [0.2, 0.25) is 0 Å². The fourth-order valence-corrected chi connectivity index (χ4v) is 2.28. The van der Waals surface area contributed by atoms with Gasteiger partial charge in [-0.25, -0.2) is 4.39 Å². The standard InChI is InChI=1S/C12H11FN4S/c13-9-2-3-10-11(8-9)17(12(18)15-10)7-6-16-5-1-4-14-16/h1-5,8H,6-7H2,(H,15,18). The van der Waals surface area contributed by atoms with E-state index in [-0.39, 0.29) is 5.82 Å². The van der Waals surface area contributed by atoms with E-state index >= 15 is 0 Å². The van der Waals surface area contributed by atoms with Gasteiger partial charge < -0.3 is 9.55 Å². The lowest BCUT2D eigenvalue weighted by atomic mass is 10.3. The molecule has 4 nitrogen and oxygen atoms in total. The van der Waals surface area contributed by atoms with E-state index in [1.54, 1.807) is 12.3 Å². The number of benzene rings is 1. The first-order valence-electron chi connectivity index (χ1n) is 5.59. The molecule has 0 saturated heterocycles. The second-order valence-corrected chi connectivity index (χ2v) is 4.40. The van der Waals surface area contributed by atoms with E-state index in [0.29, 0.717) is 17.9 Å². The summed E-state index contributed by atoms with van der Waals surface area (Å²) in [6, 6.07) is 6.48. The maximum absolute atomic E-state index is 13.3. The Morgan fingerprint density at radius 1 is 1.33 bits per heavy atom. The third kappa shape index (κ3) is 1.95. The van der Waals surface area contributed by atoms with E-state index in [1.165, 1.54) is 12.1 Å². The van der Waals surface area contributed by atoms with Gasteiger partial charge in [-0.1, -0.05) is 0 Å². The number of aryl methyl sites for hydroxylation is 2. The number of imidazole rings is 1. The smallest absolute Gasteiger partial charge is 0.178 e. The molecule has 0 radical (unpaired) electrons. The zero-order chi connectivity index (χ0) is 12.5. The van der Waals surface area contributed by atoms with Crippen molar-refractivity contribution in [2.45, 2.75) is 13.1 Å². The number of hydrogen-bond donors (Lipinski definition) is 1. The highest BCUT2D eigenvalue weighted by Crippen LogP contribution is 2.15. The molecule has 0 spiro atoms. The first-order valence-corrected chi connectivity index (χ1v) is 6.00. The van der Waals surface area contributed by atoms with Crippen LogP contribution in [0, 0.1) is 10.6 Å². The van der Waals surface area contributed by atoms with Crippen molar-refractivity contribution < 1.29 is 4.39 Å². The lowest BCUT2D eigenvalue weighted by Crippen LogP contribution is -2.07. The van der Waals surface area contributed by atoms with Gasteiger partial charge in [0.15, 0.2) is 4.77 Å². The molecule has 6 heteroatoms. The van der Waals surface area contributed by atoms with Crippen molar-refractivity contribution in [2.75, 3.05) is 0 Å². The molecule has 2 aromatic heterocycles. The number of halogens is 1. The highest BCUT2D eigenvalue weighted by molar-refractivity contribution is 7.71. The van der Waals surface area contributed by atoms with Crippen LogP contribution >= 0.6 is 12.2 Å². The third-order valence-electron chi connectivity index (χ3n) is 2.85. The molecule has 3 rings (SSSR count). The van der Waals surface area contributed by atoms with Crippen molar-refractivity contribution in [1.82, 2.24) is 19.3 Å². The van der Waals surface area contributed by atoms with E-state index in [1.807, 2.05) is 21.5 Å². The van der Waals surface area contributed by atoms with Gasteiger partial charge in [0.2, 0.25) is 0 Å². The van der Waals surface area contributed by atoms with E-state index in [0.717, 1.165) is 11.0 Å². The largest absolute Gasteiger partial charge is 0.331 e. The Morgan fingerprint density at radius 3 is 3.00 bits per heavy atom. The summed E-state index contributed by atoms with van der Waals surface area (Å²) >= 11 is 5.25. The second-order valence-electron chi connectivity index (χ2n) is 4.01. The lowest BCUT2D eigenvalue weighted by Gasteiger charge is -2.04. The molecule has 3 aromatic rings. The molecule has 0 aliphatic carbocycles. The molecule has 0 atom stereocenters. The Labute approximate surface area is 108 Å². The van der Waals surface area contributed by atoms with Crippen LogP contribution in [0.3, 0.4) is 0 Å². The number of nitrogens with zero attached hydrogens (tertiary/aromatic N) is 3. The molecule has 0 unspecified atom stereocenters. The molecule has 0 fully saturated rings. The zero-order valence-corrected chi connectivity index (χ0v) is 10.3. The van der Waals surface area contributed by atoms with Crippen LogP contribution in [0.15, 0.2) is 36.7 Å². The number of fused-ring (bicyclic) bond motifs is 1. The Morgan fingerprint density at radius 2 is 2.22 bits per heavy atom. The van der Waals surface area contributed by atoms with Crippen LogP contribution in [0.5, 0.6) is 0 Å². The van der Waals surface area contributed by atoms with Crippen molar-refractivity contribution in [1.29, 1.82) is 0 Å². The van der Waals surface area contributed by atoms with Crippen LogP contribution < -0.4 is 0 Å². The molecule has 92 valence electrons. The number of aromatic nitrogens is 4. The number of hydrogen-bond acceptors (Lipinski definition) is 2. The van der Waals surface area contributed by atoms with Gasteiger partial charge in [-0.05, 0) is 36.5 Å². The quantitative estimate of drug-likeness (QED) is 0.737. The highest BCUT2D eigenvalue weighted by atomic mass is 32.1. The van der Waals surface area contributed by atoms with Gasteiger partial charge >= 0.3 is 0 Å². The first-order chi connectivity index (χ1) is 8.74. The van der Waals surface area contributed by atoms with Gasteiger partial charge in [0.05, 0.1) is 17.6 Å². The van der Waals surface area contributed by atoms with Crippen molar-refractivity contribution in [3.63, 3.8) is 0 Å². The Bertz CT molecular complexity index is 726. The van der Waals surface area contributed by atoms with Gasteiger partial charge in [0.1, 0.15) is 5.82 Å². The molecule has 0 bridgehead atoms. The van der Waals surface area contributed by atoms with Crippen molar-refractivity contribution >= 4 is 23.3 Å². The summed E-state index contributed by atoms with van der Waals surface area (Å²) < 4.78 is 17.6. The number of H-pyrrole nitrogens is 1. The lowest BCUT2D eigenvalue weighted by molar-refractivity contribution is 0.537. The van der Waals surface area contributed by atoms with Crippen molar-refractivity contribution in [3.05, 3.63) is 47.2 Å². The molecular weight excluding hydrogens is 251 g/mol. The second kappa shape index (κ2) is 4.38. The topological polar surface area (TPSA) is 38.5 Å². The monoisotopic (exact) mass is 262 g/mol. The van der Waals surface area contributed by atoms with E-state index < -0.39 is 0 Å². The number of rotatable bonds is 3. The summed E-state index contributed by atoms with van der Waals surface area (Å²) in [6.45, 7) is 1.36. The molecule has 1 N–H and O–H groups in total. The minimum atomic E-state index is -0.260. The SMILES string of the molecule is Fc1ccc2[nH]c(=S)n(CCn3cccn3)c2c1. The fourth-order valence-electron chi connectivity index (χ4n) is 1.98. The average molecular weight is 262 g/mol. The third-order valence-corrected chi connectivity index (χ3v) is 3.17. The molecule has 0 aliphatic rings. The predicted molar refractivity (Wildman–Crippen MR) is 69.3 cm³/mol. The highest BCUT2D eigenvalue weighted by Gasteiger charge is 2.05. The fraction of sp³-hybridized carbons (Fsp3) is 0.167. The van der Waals surface area contributed by atoms with E-state index in [4.69, 9.17) is 12.2 Å². The summed E-state index contributed by atoms with van der Waals surface area (Å²) in [5, 5.41) is 4.13. The molecule has 0 amide bonds. The average Bonchev–Trinajstić information content (AvgIpc) is 2.94. The molecule has 0 saturated carbocycles. The molecule has 18 heavy (non-hydrogen) atoms. The number of nitrogens with one attached hydrogen (secondary N) is 1. The first kappa shape index (κ1) is 11.2. The van der Waals surface area contributed by atoms with Gasteiger partial charge in [0, 0.05) is 18.9 Å². The minimum absolute atomic E-state index is 0.260. The van der Waals surface area contributed by atoms with E-state index in [2.05, 4.69) is 10.1 Å². The van der Waals surface area contributed by atoms with Crippen LogP contribution in [0.1, 0.15) is 0 Å². The Balaban J connectivity index is 1.98. The maximum atomic E-state index is 13.3. The van der Waals surface area contributed by atoms with Crippen LogP contribution in [0.25, 0.3) is 11.0 Å². The summed E-state index contributed by atoms with van der Waals surface area (Å²) in [5.74, 6) is -0.260. The normalized spacial score (nSPS) is 11.2. The minimum Gasteiger partial charge on any atom is -0.331 e. The Kier molecular flexibility index (Phi) is 2.71. The Hall–Kier alpha value is -1.95. The zero-order valence-electron chi connectivity index (χ0n) is 9.51. The molecule has 1 aromatic carbocycles. The molecular formula is C12H11FN4S. The van der Waals surface area contributed by atoms with Crippen LogP contribution in [-0.4, -0.2) is 19.3 Å².